The summed E-state index contributed by atoms with van der Waals surface area (Å²) in [6.45, 7) is 8.94. The lowest BCUT2D eigenvalue weighted by molar-refractivity contribution is 0.106. The van der Waals surface area contributed by atoms with Crippen LogP contribution in [0.25, 0.3) is 11.4 Å². The molecular formula is C68H67BrF2N6O10. The van der Waals surface area contributed by atoms with Gasteiger partial charge in [-0.2, -0.15) is 0 Å². The third kappa shape index (κ3) is 16.6. The molecule has 4 aromatic heterocycles. The van der Waals surface area contributed by atoms with Crippen molar-refractivity contribution < 1.29 is 47.1 Å². The molecule has 0 saturated heterocycles. The van der Waals surface area contributed by atoms with Gasteiger partial charge in [-0.25, -0.2) is 18.7 Å². The molecule has 0 radical (unpaired) electrons. The monoisotopic (exact) mass is 1240 g/mol. The van der Waals surface area contributed by atoms with Crippen LogP contribution in [0.2, 0.25) is 0 Å². The lowest BCUT2D eigenvalue weighted by Gasteiger charge is -2.21. The maximum Gasteiger partial charge on any atom is 0.265 e. The molecule has 0 saturated carbocycles. The largest absolute Gasteiger partial charge is 0.497 e. The Labute approximate surface area is 511 Å². The predicted octanol–water partition coefficient (Wildman–Crippen LogP) is 13.0. The van der Waals surface area contributed by atoms with E-state index in [0.29, 0.717) is 52.5 Å². The van der Waals surface area contributed by atoms with Crippen molar-refractivity contribution >= 4 is 22.2 Å². The van der Waals surface area contributed by atoms with E-state index in [9.17, 15) is 28.3 Å². The average Bonchev–Trinajstić information content (AvgIpc) is 2.79. The van der Waals surface area contributed by atoms with Gasteiger partial charge in [0, 0.05) is 30.4 Å². The second-order valence-corrected chi connectivity index (χ2v) is 21.1. The number of aliphatic hydroxyl groups excluding tert-OH is 1. The highest BCUT2D eigenvalue weighted by Crippen LogP contribution is 2.31. The third-order valence-electron chi connectivity index (χ3n) is 14.2. The van der Waals surface area contributed by atoms with Gasteiger partial charge in [0.05, 0.1) is 112 Å². The van der Waals surface area contributed by atoms with E-state index < -0.39 is 12.1 Å². The van der Waals surface area contributed by atoms with E-state index in [1.165, 1.54) is 24.3 Å². The number of halogens is 3. The number of aliphatic hydroxyl groups is 1. The summed E-state index contributed by atoms with van der Waals surface area (Å²) in [4.78, 5) is 45.5. The Morgan fingerprint density at radius 1 is 0.517 bits per heavy atom. The Balaban J connectivity index is 0.000000190. The first-order valence-electron chi connectivity index (χ1n) is 27.6. The number of methoxy groups -OCH3 is 4. The molecule has 16 nitrogen and oxygen atoms in total. The number of hydrogen-bond acceptors (Lipinski definition) is 12. The van der Waals surface area contributed by atoms with E-state index in [0.717, 1.165) is 68.4 Å². The smallest absolute Gasteiger partial charge is 0.265 e. The van der Waals surface area contributed by atoms with Gasteiger partial charge in [0.1, 0.15) is 47.0 Å². The van der Waals surface area contributed by atoms with Crippen LogP contribution in [0.5, 0.6) is 23.0 Å². The van der Waals surface area contributed by atoms with Crippen LogP contribution in [0.1, 0.15) is 98.3 Å². The summed E-state index contributed by atoms with van der Waals surface area (Å²) in [5.74, 6) is 2.08. The van der Waals surface area contributed by atoms with Crippen molar-refractivity contribution in [3.63, 3.8) is 0 Å². The number of aromatic nitrogens is 6. The van der Waals surface area contributed by atoms with E-state index in [-0.39, 0.29) is 41.0 Å². The van der Waals surface area contributed by atoms with Gasteiger partial charge in [0.15, 0.2) is 0 Å². The Bertz CT molecular complexity index is 4020. The molecule has 450 valence electrons. The molecule has 10 rings (SSSR count). The van der Waals surface area contributed by atoms with E-state index in [1.807, 2.05) is 110 Å². The van der Waals surface area contributed by atoms with Gasteiger partial charge < -0.3 is 51.8 Å². The molecule has 1 unspecified atom stereocenters. The predicted molar refractivity (Wildman–Crippen MR) is 332 cm³/mol. The molecule has 4 heterocycles. The first kappa shape index (κ1) is 63.7. The first-order valence-corrected chi connectivity index (χ1v) is 28.4. The van der Waals surface area contributed by atoms with Gasteiger partial charge in [0.2, 0.25) is 0 Å². The van der Waals surface area contributed by atoms with Crippen molar-refractivity contribution in [2.24, 2.45) is 0 Å². The zero-order valence-electron chi connectivity index (χ0n) is 49.4. The third-order valence-corrected chi connectivity index (χ3v) is 14.8. The number of carbonyl (C=O) groups is 1. The summed E-state index contributed by atoms with van der Waals surface area (Å²) in [6.07, 6.45) is 10.2. The van der Waals surface area contributed by atoms with Crippen molar-refractivity contribution in [2.75, 3.05) is 28.4 Å². The highest BCUT2D eigenvalue weighted by molar-refractivity contribution is 9.10. The summed E-state index contributed by atoms with van der Waals surface area (Å²) in [6, 6.07) is 40.8. The highest BCUT2D eigenvalue weighted by Gasteiger charge is 2.22. The van der Waals surface area contributed by atoms with E-state index in [1.54, 1.807) is 123 Å². The summed E-state index contributed by atoms with van der Waals surface area (Å²) in [5.41, 5.74) is 9.35. The van der Waals surface area contributed by atoms with Gasteiger partial charge in [-0.1, -0.05) is 54.6 Å². The molecule has 3 atom stereocenters. The molecular weight excluding hydrogens is 1180 g/mol. The number of pyridine rings is 2. The number of benzene rings is 6. The number of imidazole rings is 2. The highest BCUT2D eigenvalue weighted by atomic mass is 79.9. The zero-order chi connectivity index (χ0) is 62.1. The molecule has 6 aromatic carbocycles. The van der Waals surface area contributed by atoms with Crippen molar-refractivity contribution in [1.82, 2.24) is 28.2 Å². The Morgan fingerprint density at radius 3 is 1.38 bits per heavy atom. The lowest BCUT2D eigenvalue weighted by atomic mass is 9.99. The molecule has 87 heavy (non-hydrogen) atoms. The first-order chi connectivity index (χ1) is 42.0. The molecule has 19 heteroatoms. The molecule has 0 amide bonds. The van der Waals surface area contributed by atoms with Crippen LogP contribution in [0.3, 0.4) is 0 Å². The number of ether oxygens (including phenoxy) is 6. The number of aryl methyl sites for hydroxylation is 2. The molecule has 0 bridgehead atoms. The van der Waals surface area contributed by atoms with Crippen molar-refractivity contribution in [1.29, 1.82) is 0 Å². The summed E-state index contributed by atoms with van der Waals surface area (Å²) < 4.78 is 67.2. The summed E-state index contributed by atoms with van der Waals surface area (Å²) in [7, 11) is 6.38. The quantitative estimate of drug-likeness (QED) is 0.0676. The fourth-order valence-electron chi connectivity index (χ4n) is 9.40. The fraction of sp³-hybridized carbons (Fsp3) is 0.221. The Kier molecular flexibility index (Phi) is 22.1. The van der Waals surface area contributed by atoms with Crippen LogP contribution in [0.4, 0.5) is 8.78 Å². The maximum absolute atomic E-state index is 13.9. The van der Waals surface area contributed by atoms with Crippen molar-refractivity contribution in [3.05, 3.63) is 281 Å². The van der Waals surface area contributed by atoms with Crippen LogP contribution >= 0.6 is 15.9 Å². The molecule has 0 aliphatic carbocycles. The molecule has 0 aliphatic rings. The second-order valence-electron chi connectivity index (χ2n) is 20.3. The molecule has 0 spiro atoms. The topological polar surface area (TPSA) is 172 Å². The Hall–Kier alpha value is -9.27. The minimum Gasteiger partial charge on any atom is -0.497 e. The van der Waals surface area contributed by atoms with Crippen LogP contribution < -0.4 is 30.1 Å². The fourth-order valence-corrected chi connectivity index (χ4v) is 9.90. The number of aldehydes is 1. The zero-order valence-corrected chi connectivity index (χ0v) is 51.0. The lowest BCUT2D eigenvalue weighted by Crippen LogP contribution is -2.29. The van der Waals surface area contributed by atoms with Gasteiger partial charge in [0.25, 0.3) is 11.1 Å². The SMILES string of the molecule is COc1cc(C=O)ccc1-n1cnc(C)c1.COc1ccc(COCc2cc(Br)c(=O)n([C@@H](C)c3ccc(F)cc3)c2)cc1.COc1ccc(COCc2cc(C(O)c3ccc(-n4cnc(C)c4)c(OC)c3)c(=O)n([C@@H](C)c3ccc(F)cc3)c2)cc1. The normalized spacial score (nSPS) is 12.0. The van der Waals surface area contributed by atoms with Crippen molar-refractivity contribution in [2.45, 2.75) is 72.3 Å². The van der Waals surface area contributed by atoms with E-state index >= 15 is 0 Å². The Morgan fingerprint density at radius 2 is 0.943 bits per heavy atom. The summed E-state index contributed by atoms with van der Waals surface area (Å²) >= 11 is 3.34. The minimum atomic E-state index is -1.24. The van der Waals surface area contributed by atoms with Gasteiger partial charge in [-0.3, -0.25) is 14.4 Å². The van der Waals surface area contributed by atoms with Crippen LogP contribution in [-0.2, 0) is 35.9 Å². The van der Waals surface area contributed by atoms with E-state index in [4.69, 9.17) is 28.4 Å². The van der Waals surface area contributed by atoms with Gasteiger partial charge in [-0.05, 0) is 174 Å². The number of carbonyl (C=O) groups excluding carboxylic acids is 1. The van der Waals surface area contributed by atoms with E-state index in [2.05, 4.69) is 25.9 Å². The molecule has 0 fully saturated rings. The molecule has 10 aromatic rings. The van der Waals surface area contributed by atoms with Crippen molar-refractivity contribution in [3.8, 4) is 34.4 Å². The number of hydrogen-bond donors (Lipinski definition) is 1. The molecule has 1 N–H and O–H groups in total. The summed E-state index contributed by atoms with van der Waals surface area (Å²) in [5, 5.41) is 11.6. The van der Waals surface area contributed by atoms with Crippen LogP contribution in [0.15, 0.2) is 197 Å². The molecule has 0 aliphatic heterocycles. The number of nitrogens with zero attached hydrogens (tertiary/aromatic N) is 6. The van der Waals surface area contributed by atoms with Gasteiger partial charge in [-0.15, -0.1) is 0 Å². The second kappa shape index (κ2) is 30.2. The minimum absolute atomic E-state index is 0.143. The standard InChI is InChI=1S/C34H34FN3O5.C22H21BrFNO3.C12H12N2O2/c1-22-17-37(21-36-22)31-14-9-27(16-32(31)42-4)33(39)30-15-25(20-43-19-24-5-12-29(41-3)13-6-24)18-38(34(30)40)23(2)26-7-10-28(35)11-8-26;1-15(18-5-7-19(24)8-6-18)25-12-17(11-21(23)22(25)26)14-28-13-16-3-9-20(27-2)10-4-16;1-9-6-14(8-13-9)11-4-3-10(7-15)5-12(11)16-2/h5-18,21,23,33,39H,19-20H2,1-4H3;3-12,15H,13-14H2,1-2H3;3-8H,1-2H3/t23-,33?;15-;/m00./s1. The van der Waals surface area contributed by atoms with Crippen LogP contribution in [0, 0.1) is 25.5 Å². The maximum atomic E-state index is 13.9. The van der Waals surface area contributed by atoms with Gasteiger partial charge >= 0.3 is 0 Å². The average molecular weight is 1250 g/mol. The number of rotatable bonds is 21. The van der Waals surface area contributed by atoms with Crippen LogP contribution in [-0.4, -0.2) is 68.1 Å².